The van der Waals surface area contributed by atoms with Gasteiger partial charge in [-0.3, -0.25) is 9.59 Å². The molecular weight excluding hydrogens is 352 g/mol. The van der Waals surface area contributed by atoms with Gasteiger partial charge < -0.3 is 10.2 Å². The maximum absolute atomic E-state index is 13.1. The first-order valence-corrected chi connectivity index (χ1v) is 8.95. The van der Waals surface area contributed by atoms with Crippen LogP contribution in [0.2, 0.25) is 0 Å². The van der Waals surface area contributed by atoms with E-state index in [1.165, 1.54) is 4.68 Å². The molecule has 7 heteroatoms. The first kappa shape index (κ1) is 20.4. The molecule has 142 valence electrons. The maximum Gasteiger partial charge on any atom is 0.274 e. The smallest absolute Gasteiger partial charge is 0.274 e. The normalized spacial score (nSPS) is 16.9. The van der Waals surface area contributed by atoms with E-state index in [1.54, 1.807) is 6.07 Å². The van der Waals surface area contributed by atoms with Crippen LogP contribution < -0.4 is 10.9 Å². The van der Waals surface area contributed by atoms with Crippen molar-refractivity contribution in [1.29, 1.82) is 0 Å². The molecular formula is C19H27ClN4O2. The molecule has 0 radical (unpaired) electrons. The minimum absolute atomic E-state index is 0. The Bertz CT molecular complexity index is 834. The maximum atomic E-state index is 13.1. The summed E-state index contributed by atoms with van der Waals surface area (Å²) in [6, 6.07) is 7.27. The lowest BCUT2D eigenvalue weighted by Gasteiger charge is -2.18. The average Bonchev–Trinajstić information content (AvgIpc) is 3.05. The van der Waals surface area contributed by atoms with Crippen molar-refractivity contribution in [2.75, 3.05) is 26.7 Å². The zero-order valence-electron chi connectivity index (χ0n) is 15.6. The van der Waals surface area contributed by atoms with Crippen LogP contribution in [0, 0.1) is 11.8 Å². The number of fused-ring (bicyclic) bond motifs is 1. The molecule has 1 atom stereocenters. The van der Waals surface area contributed by atoms with Crippen LogP contribution in [0.5, 0.6) is 0 Å². The van der Waals surface area contributed by atoms with E-state index < -0.39 is 0 Å². The summed E-state index contributed by atoms with van der Waals surface area (Å²) in [5.41, 5.74) is 0.260. The number of rotatable bonds is 5. The van der Waals surface area contributed by atoms with Crippen molar-refractivity contribution in [2.45, 2.75) is 26.8 Å². The largest absolute Gasteiger partial charge is 0.337 e. The molecule has 6 nitrogen and oxygen atoms in total. The predicted octanol–water partition coefficient (Wildman–Crippen LogP) is 2.16. The lowest BCUT2D eigenvalue weighted by atomic mass is 10.1. The van der Waals surface area contributed by atoms with E-state index in [9.17, 15) is 9.59 Å². The van der Waals surface area contributed by atoms with Crippen molar-refractivity contribution in [3.8, 4) is 0 Å². The van der Waals surface area contributed by atoms with Gasteiger partial charge in [0.15, 0.2) is 5.69 Å². The van der Waals surface area contributed by atoms with Crippen LogP contribution in [0.25, 0.3) is 10.8 Å². The molecule has 1 unspecified atom stereocenters. The highest BCUT2D eigenvalue weighted by Gasteiger charge is 2.29. The Morgan fingerprint density at radius 3 is 2.65 bits per heavy atom. The highest BCUT2D eigenvalue weighted by Crippen LogP contribution is 2.21. The summed E-state index contributed by atoms with van der Waals surface area (Å²) in [5.74, 6) is 0.676. The number of aromatic nitrogens is 2. The molecule has 1 N–H and O–H groups in total. The summed E-state index contributed by atoms with van der Waals surface area (Å²) in [6.07, 6.45) is 0.996. The van der Waals surface area contributed by atoms with Crippen molar-refractivity contribution in [1.82, 2.24) is 20.0 Å². The van der Waals surface area contributed by atoms with E-state index in [1.807, 2.05) is 44.0 Å². The third-order valence-corrected chi connectivity index (χ3v) is 4.67. The van der Waals surface area contributed by atoms with Gasteiger partial charge in [0.05, 0.1) is 5.39 Å². The highest BCUT2D eigenvalue weighted by molar-refractivity contribution is 6.04. The lowest BCUT2D eigenvalue weighted by molar-refractivity contribution is 0.0780. The molecule has 0 saturated carbocycles. The molecule has 26 heavy (non-hydrogen) atoms. The minimum atomic E-state index is -0.129. The summed E-state index contributed by atoms with van der Waals surface area (Å²) in [4.78, 5) is 27.6. The fraction of sp³-hybridized carbons (Fsp3) is 0.526. The van der Waals surface area contributed by atoms with Crippen molar-refractivity contribution < 1.29 is 4.79 Å². The van der Waals surface area contributed by atoms with E-state index in [0.29, 0.717) is 28.9 Å². The van der Waals surface area contributed by atoms with Crippen LogP contribution in [0.4, 0.5) is 0 Å². The van der Waals surface area contributed by atoms with E-state index in [4.69, 9.17) is 0 Å². The van der Waals surface area contributed by atoms with Gasteiger partial charge in [0.25, 0.3) is 11.5 Å². The number of nitrogens with one attached hydrogen (secondary N) is 1. The van der Waals surface area contributed by atoms with Gasteiger partial charge >= 0.3 is 0 Å². The topological polar surface area (TPSA) is 67.2 Å². The molecule has 3 rings (SSSR count). The summed E-state index contributed by atoms with van der Waals surface area (Å²) in [6.45, 7) is 6.96. The van der Waals surface area contributed by atoms with E-state index >= 15 is 0 Å². The Hall–Kier alpha value is -1.92. The molecule has 2 heterocycles. The number of halogens is 1. The minimum Gasteiger partial charge on any atom is -0.337 e. The van der Waals surface area contributed by atoms with Gasteiger partial charge in [0, 0.05) is 25.0 Å². The molecule has 1 aliphatic heterocycles. The SMILES string of the molecule is CNCC1CCN(C(=O)c2nn(CC(C)C)c(=O)c3ccccc23)C1.Cl. The third-order valence-electron chi connectivity index (χ3n) is 4.67. The van der Waals surface area contributed by atoms with E-state index in [-0.39, 0.29) is 29.8 Å². The Labute approximate surface area is 160 Å². The van der Waals surface area contributed by atoms with Crippen LogP contribution in [-0.4, -0.2) is 47.3 Å². The highest BCUT2D eigenvalue weighted by atomic mass is 35.5. The van der Waals surface area contributed by atoms with Crippen molar-refractivity contribution in [3.63, 3.8) is 0 Å². The molecule has 0 spiro atoms. The molecule has 1 amide bonds. The first-order chi connectivity index (χ1) is 12.0. The standard InChI is InChI=1S/C19H26N4O2.ClH/c1-13(2)11-23-18(24)16-7-5-4-6-15(16)17(21-23)19(25)22-9-8-14(12-22)10-20-3;/h4-7,13-14,20H,8-12H2,1-3H3;1H. The summed E-state index contributed by atoms with van der Waals surface area (Å²) in [7, 11) is 1.93. The van der Waals surface area contributed by atoms with Gasteiger partial charge in [-0.15, -0.1) is 12.4 Å². The Morgan fingerprint density at radius 2 is 2.00 bits per heavy atom. The number of carbonyl (C=O) groups is 1. The molecule has 1 saturated heterocycles. The summed E-state index contributed by atoms with van der Waals surface area (Å²) in [5, 5.41) is 8.84. The van der Waals surface area contributed by atoms with Gasteiger partial charge in [-0.25, -0.2) is 4.68 Å². The fourth-order valence-electron chi connectivity index (χ4n) is 3.48. The monoisotopic (exact) mass is 378 g/mol. The second-order valence-electron chi connectivity index (χ2n) is 7.24. The third kappa shape index (κ3) is 4.07. The fourth-order valence-corrected chi connectivity index (χ4v) is 3.48. The van der Waals surface area contributed by atoms with Crippen LogP contribution >= 0.6 is 12.4 Å². The predicted molar refractivity (Wildman–Crippen MR) is 106 cm³/mol. The molecule has 1 aromatic heterocycles. The van der Waals surface area contributed by atoms with Gasteiger partial charge in [0.1, 0.15) is 0 Å². The second-order valence-corrected chi connectivity index (χ2v) is 7.24. The number of hydrogen-bond acceptors (Lipinski definition) is 4. The second kappa shape index (κ2) is 8.64. The zero-order chi connectivity index (χ0) is 18.0. The lowest BCUT2D eigenvalue weighted by Crippen LogP contribution is -2.34. The number of likely N-dealkylation sites (tertiary alicyclic amines) is 1. The molecule has 0 bridgehead atoms. The molecule has 1 aromatic carbocycles. The van der Waals surface area contributed by atoms with Gasteiger partial charge in [-0.05, 0) is 37.9 Å². The van der Waals surface area contributed by atoms with Crippen LogP contribution in [0.1, 0.15) is 30.8 Å². The van der Waals surface area contributed by atoms with Crippen LogP contribution in [-0.2, 0) is 6.54 Å². The quantitative estimate of drug-likeness (QED) is 0.865. The number of benzene rings is 1. The molecule has 1 aliphatic rings. The average molecular weight is 379 g/mol. The molecule has 0 aliphatic carbocycles. The zero-order valence-corrected chi connectivity index (χ0v) is 16.4. The number of nitrogens with zero attached hydrogens (tertiary/aromatic N) is 3. The molecule has 1 fully saturated rings. The van der Waals surface area contributed by atoms with Crippen LogP contribution in [0.3, 0.4) is 0 Å². The van der Waals surface area contributed by atoms with E-state index in [2.05, 4.69) is 10.4 Å². The molecule has 2 aromatic rings. The van der Waals surface area contributed by atoms with Gasteiger partial charge in [-0.2, -0.15) is 5.10 Å². The Balaban J connectivity index is 0.00000243. The van der Waals surface area contributed by atoms with Crippen LogP contribution in [0.15, 0.2) is 29.1 Å². The summed E-state index contributed by atoms with van der Waals surface area (Å²) >= 11 is 0. The Kier molecular flexibility index (Phi) is 6.78. The van der Waals surface area contributed by atoms with Gasteiger partial charge in [0.2, 0.25) is 0 Å². The van der Waals surface area contributed by atoms with Crippen molar-refractivity contribution >= 4 is 29.1 Å². The number of amides is 1. The van der Waals surface area contributed by atoms with Crippen molar-refractivity contribution in [3.05, 3.63) is 40.3 Å². The first-order valence-electron chi connectivity index (χ1n) is 8.95. The Morgan fingerprint density at radius 1 is 1.31 bits per heavy atom. The van der Waals surface area contributed by atoms with Crippen molar-refractivity contribution in [2.24, 2.45) is 11.8 Å². The van der Waals surface area contributed by atoms with Gasteiger partial charge in [-0.1, -0.05) is 32.0 Å². The number of hydrogen-bond donors (Lipinski definition) is 1. The summed E-state index contributed by atoms with van der Waals surface area (Å²) < 4.78 is 1.45. The number of carbonyl (C=O) groups excluding carboxylic acids is 1. The van der Waals surface area contributed by atoms with E-state index in [0.717, 1.165) is 26.1 Å².